The summed E-state index contributed by atoms with van der Waals surface area (Å²) >= 11 is 6.85. The van der Waals surface area contributed by atoms with Crippen LogP contribution in [-0.4, -0.2) is 9.97 Å². The summed E-state index contributed by atoms with van der Waals surface area (Å²) in [6.07, 6.45) is 3.54. The molecule has 0 atom stereocenters. The number of hydrogen-bond donors (Lipinski definition) is 4. The van der Waals surface area contributed by atoms with Crippen molar-refractivity contribution in [2.75, 3.05) is 21.7 Å². The third-order valence-electron chi connectivity index (χ3n) is 4.18. The molecular formula is C22H18Br2N6. The Labute approximate surface area is 191 Å². The number of anilines is 4. The predicted molar refractivity (Wildman–Crippen MR) is 130 cm³/mol. The van der Waals surface area contributed by atoms with Crippen LogP contribution in [0.5, 0.6) is 0 Å². The standard InChI is InChI=1S/C22H18Br2N6/c23-15-1-5-17(6-2-15)27-29-19-9-11-21(25-13-19)22-12-10-20(14-26-22)30-28-18-7-3-16(24)4-8-18/h1-14,27-30H. The highest BCUT2D eigenvalue weighted by Crippen LogP contribution is 2.20. The average molecular weight is 526 g/mol. The quantitative estimate of drug-likeness (QED) is 0.205. The molecule has 0 saturated heterocycles. The molecule has 2 heterocycles. The van der Waals surface area contributed by atoms with Crippen LogP contribution in [0, 0.1) is 0 Å². The third-order valence-corrected chi connectivity index (χ3v) is 5.24. The second-order valence-electron chi connectivity index (χ2n) is 6.38. The molecule has 0 aliphatic carbocycles. The van der Waals surface area contributed by atoms with E-state index in [1.807, 2.05) is 72.8 Å². The second kappa shape index (κ2) is 9.60. The zero-order valence-electron chi connectivity index (χ0n) is 15.7. The Kier molecular flexibility index (Phi) is 6.46. The molecule has 0 saturated carbocycles. The fraction of sp³-hybridized carbons (Fsp3) is 0. The van der Waals surface area contributed by atoms with E-state index in [0.29, 0.717) is 0 Å². The Bertz CT molecular complexity index is 992. The van der Waals surface area contributed by atoms with Crippen molar-refractivity contribution in [2.24, 2.45) is 0 Å². The maximum absolute atomic E-state index is 4.49. The van der Waals surface area contributed by atoms with E-state index in [2.05, 4.69) is 63.5 Å². The first-order valence-corrected chi connectivity index (χ1v) is 10.7. The van der Waals surface area contributed by atoms with Crippen molar-refractivity contribution in [2.45, 2.75) is 0 Å². The number of halogens is 2. The summed E-state index contributed by atoms with van der Waals surface area (Å²) in [5.41, 5.74) is 17.8. The minimum Gasteiger partial charge on any atom is -0.301 e. The summed E-state index contributed by atoms with van der Waals surface area (Å²) < 4.78 is 2.08. The highest BCUT2D eigenvalue weighted by atomic mass is 79.9. The number of pyridine rings is 2. The first kappa shape index (κ1) is 20.2. The minimum atomic E-state index is 0.802. The molecule has 0 bridgehead atoms. The smallest absolute Gasteiger partial charge is 0.0887 e. The molecule has 0 amide bonds. The van der Waals surface area contributed by atoms with Gasteiger partial charge in [-0.1, -0.05) is 31.9 Å². The Morgan fingerprint density at radius 3 is 1.10 bits per heavy atom. The maximum Gasteiger partial charge on any atom is 0.0887 e. The van der Waals surface area contributed by atoms with E-state index in [-0.39, 0.29) is 0 Å². The van der Waals surface area contributed by atoms with E-state index in [1.54, 1.807) is 12.4 Å². The van der Waals surface area contributed by atoms with Gasteiger partial charge in [-0.2, -0.15) is 0 Å². The molecule has 0 aliphatic heterocycles. The highest BCUT2D eigenvalue weighted by molar-refractivity contribution is 9.10. The minimum absolute atomic E-state index is 0.802. The molecule has 0 radical (unpaired) electrons. The van der Waals surface area contributed by atoms with Crippen molar-refractivity contribution in [3.63, 3.8) is 0 Å². The van der Waals surface area contributed by atoms with Crippen LogP contribution in [0.2, 0.25) is 0 Å². The molecular weight excluding hydrogens is 508 g/mol. The summed E-state index contributed by atoms with van der Waals surface area (Å²) in [4.78, 5) is 8.99. The molecule has 4 aromatic rings. The first-order chi connectivity index (χ1) is 14.7. The number of hydrogen-bond acceptors (Lipinski definition) is 6. The Morgan fingerprint density at radius 2 is 0.767 bits per heavy atom. The molecule has 0 spiro atoms. The lowest BCUT2D eigenvalue weighted by atomic mass is 10.2. The van der Waals surface area contributed by atoms with E-state index in [4.69, 9.17) is 0 Å². The van der Waals surface area contributed by atoms with Crippen molar-refractivity contribution in [1.29, 1.82) is 0 Å². The normalized spacial score (nSPS) is 10.3. The third kappa shape index (κ3) is 5.49. The molecule has 2 aromatic heterocycles. The molecule has 30 heavy (non-hydrogen) atoms. The number of nitrogens with zero attached hydrogens (tertiary/aromatic N) is 2. The molecule has 4 N–H and O–H groups in total. The largest absolute Gasteiger partial charge is 0.301 e. The maximum atomic E-state index is 4.49. The lowest BCUT2D eigenvalue weighted by Gasteiger charge is -2.11. The molecule has 6 nitrogen and oxygen atoms in total. The van der Waals surface area contributed by atoms with Gasteiger partial charge < -0.3 is 10.9 Å². The summed E-state index contributed by atoms with van der Waals surface area (Å²) in [6, 6.07) is 23.6. The van der Waals surface area contributed by atoms with E-state index in [0.717, 1.165) is 43.1 Å². The fourth-order valence-electron chi connectivity index (χ4n) is 2.59. The Morgan fingerprint density at radius 1 is 0.433 bits per heavy atom. The predicted octanol–water partition coefficient (Wildman–Crippen LogP) is 6.55. The molecule has 0 unspecified atom stereocenters. The SMILES string of the molecule is Brc1ccc(NNc2ccc(-c3ccc(NNc4ccc(Br)cc4)cn3)nc2)cc1. The molecule has 150 valence electrons. The van der Waals surface area contributed by atoms with Crippen LogP contribution in [0.4, 0.5) is 22.7 Å². The number of benzene rings is 2. The van der Waals surface area contributed by atoms with Gasteiger partial charge in [-0.25, -0.2) is 0 Å². The van der Waals surface area contributed by atoms with E-state index in [1.165, 1.54) is 0 Å². The van der Waals surface area contributed by atoms with Crippen LogP contribution in [-0.2, 0) is 0 Å². The van der Waals surface area contributed by atoms with Gasteiger partial charge in [-0.3, -0.25) is 20.8 Å². The van der Waals surface area contributed by atoms with Gasteiger partial charge in [0.1, 0.15) is 0 Å². The van der Waals surface area contributed by atoms with Gasteiger partial charge in [0, 0.05) is 8.95 Å². The van der Waals surface area contributed by atoms with Gasteiger partial charge in [0.15, 0.2) is 0 Å². The molecule has 4 rings (SSSR count). The molecule has 0 fully saturated rings. The second-order valence-corrected chi connectivity index (χ2v) is 8.21. The van der Waals surface area contributed by atoms with Crippen molar-refractivity contribution in [1.82, 2.24) is 9.97 Å². The van der Waals surface area contributed by atoms with Gasteiger partial charge in [0.2, 0.25) is 0 Å². The Hall–Kier alpha value is -3.10. The van der Waals surface area contributed by atoms with Gasteiger partial charge in [-0.05, 0) is 72.8 Å². The lowest BCUT2D eigenvalue weighted by Crippen LogP contribution is -2.09. The lowest BCUT2D eigenvalue weighted by molar-refractivity contribution is 1.23. The number of nitrogens with one attached hydrogen (secondary N) is 4. The zero-order chi connectivity index (χ0) is 20.8. The van der Waals surface area contributed by atoms with Gasteiger partial charge in [-0.15, -0.1) is 0 Å². The number of hydrazine groups is 2. The van der Waals surface area contributed by atoms with Crippen LogP contribution in [0.15, 0.2) is 94.1 Å². The van der Waals surface area contributed by atoms with Crippen molar-refractivity contribution in [3.05, 3.63) is 94.1 Å². The van der Waals surface area contributed by atoms with E-state index >= 15 is 0 Å². The fourth-order valence-corrected chi connectivity index (χ4v) is 3.12. The summed E-state index contributed by atoms with van der Waals surface area (Å²) in [5, 5.41) is 0. The van der Waals surface area contributed by atoms with Crippen molar-refractivity contribution >= 4 is 54.6 Å². The number of aromatic nitrogens is 2. The van der Waals surface area contributed by atoms with Crippen molar-refractivity contribution < 1.29 is 0 Å². The monoisotopic (exact) mass is 524 g/mol. The zero-order valence-corrected chi connectivity index (χ0v) is 18.9. The first-order valence-electron chi connectivity index (χ1n) is 9.13. The van der Waals surface area contributed by atoms with Gasteiger partial charge in [0.05, 0.1) is 46.5 Å². The van der Waals surface area contributed by atoms with Crippen LogP contribution >= 0.6 is 31.9 Å². The summed E-state index contributed by atoms with van der Waals surface area (Å²) in [5.74, 6) is 0. The highest BCUT2D eigenvalue weighted by Gasteiger charge is 2.02. The van der Waals surface area contributed by atoms with E-state index < -0.39 is 0 Å². The van der Waals surface area contributed by atoms with E-state index in [9.17, 15) is 0 Å². The Balaban J connectivity index is 1.33. The number of rotatable bonds is 7. The van der Waals surface area contributed by atoms with Crippen LogP contribution in [0.3, 0.4) is 0 Å². The van der Waals surface area contributed by atoms with Crippen molar-refractivity contribution in [3.8, 4) is 11.4 Å². The van der Waals surface area contributed by atoms with Gasteiger partial charge in [0.25, 0.3) is 0 Å². The molecule has 8 heteroatoms. The van der Waals surface area contributed by atoms with Crippen LogP contribution < -0.4 is 21.7 Å². The topological polar surface area (TPSA) is 73.9 Å². The van der Waals surface area contributed by atoms with Crippen LogP contribution in [0.25, 0.3) is 11.4 Å². The average Bonchev–Trinajstić information content (AvgIpc) is 2.79. The van der Waals surface area contributed by atoms with Gasteiger partial charge >= 0.3 is 0 Å². The van der Waals surface area contributed by atoms with Crippen LogP contribution in [0.1, 0.15) is 0 Å². The molecule has 0 aliphatic rings. The molecule has 2 aromatic carbocycles. The summed E-state index contributed by atoms with van der Waals surface area (Å²) in [6.45, 7) is 0. The summed E-state index contributed by atoms with van der Waals surface area (Å²) in [7, 11) is 0.